The van der Waals surface area contributed by atoms with Gasteiger partial charge in [0.25, 0.3) is 0 Å². The maximum absolute atomic E-state index is 9.33. The van der Waals surface area contributed by atoms with Crippen LogP contribution in [-0.4, -0.2) is 17.4 Å². The molecular weight excluding hydrogens is 262 g/mol. The van der Waals surface area contributed by atoms with Gasteiger partial charge in [-0.15, -0.1) is 0 Å². The summed E-state index contributed by atoms with van der Waals surface area (Å²) >= 11 is 0. The lowest BCUT2D eigenvalue weighted by atomic mass is 9.69. The predicted molar refractivity (Wildman–Crippen MR) is 85.2 cm³/mol. The molecule has 1 aliphatic carbocycles. The summed E-state index contributed by atoms with van der Waals surface area (Å²) in [6.07, 6.45) is 4.50. The normalized spacial score (nSPS) is 35.7. The van der Waals surface area contributed by atoms with Crippen molar-refractivity contribution in [2.24, 2.45) is 23.7 Å². The maximum Gasteiger partial charge on any atom is 0.155 e. The smallest absolute Gasteiger partial charge is 0.155 e. The highest BCUT2D eigenvalue weighted by Crippen LogP contribution is 2.46. The third kappa shape index (κ3) is 3.34. The Hall–Kier alpha value is -1.22. The minimum atomic E-state index is 0.145. The molecule has 0 aromatic heterocycles. The third-order valence-corrected chi connectivity index (χ3v) is 5.20. The number of epoxide rings is 1. The zero-order valence-corrected chi connectivity index (χ0v) is 13.3. The van der Waals surface area contributed by atoms with Crippen molar-refractivity contribution in [3.63, 3.8) is 0 Å². The van der Waals surface area contributed by atoms with Crippen molar-refractivity contribution in [3.8, 4) is 5.75 Å². The minimum Gasteiger partial charge on any atom is -0.508 e. The van der Waals surface area contributed by atoms with Gasteiger partial charge in [0.15, 0.2) is 6.23 Å². The summed E-state index contributed by atoms with van der Waals surface area (Å²) in [5, 5.41) is 12.8. The van der Waals surface area contributed by atoms with Crippen LogP contribution in [0.5, 0.6) is 5.75 Å². The minimum absolute atomic E-state index is 0.145. The molecule has 0 radical (unpaired) electrons. The highest BCUT2D eigenvalue weighted by atomic mass is 16.6. The molecule has 1 aliphatic heterocycles. The van der Waals surface area contributed by atoms with E-state index in [9.17, 15) is 5.11 Å². The summed E-state index contributed by atoms with van der Waals surface area (Å²) < 4.78 is 5.95. The first kappa shape index (κ1) is 14.7. The summed E-state index contributed by atoms with van der Waals surface area (Å²) in [6.45, 7) is 7.06. The Labute approximate surface area is 127 Å². The Bertz CT molecular complexity index is 471. The van der Waals surface area contributed by atoms with Gasteiger partial charge in [-0.3, -0.25) is 0 Å². The predicted octanol–water partition coefficient (Wildman–Crippen LogP) is 4.24. The van der Waals surface area contributed by atoms with E-state index >= 15 is 0 Å². The first-order valence-electron chi connectivity index (χ1n) is 8.25. The van der Waals surface area contributed by atoms with Crippen LogP contribution in [0, 0.1) is 23.7 Å². The van der Waals surface area contributed by atoms with Crippen LogP contribution < -0.4 is 5.32 Å². The van der Waals surface area contributed by atoms with E-state index in [4.69, 9.17) is 4.74 Å². The third-order valence-electron chi connectivity index (χ3n) is 5.20. The lowest BCUT2D eigenvalue weighted by Gasteiger charge is -2.36. The van der Waals surface area contributed by atoms with Crippen LogP contribution >= 0.6 is 0 Å². The lowest BCUT2D eigenvalue weighted by molar-refractivity contribution is 0.115. The molecule has 2 N–H and O–H groups in total. The number of hydrogen-bond donors (Lipinski definition) is 2. The van der Waals surface area contributed by atoms with E-state index in [0.29, 0.717) is 17.8 Å². The van der Waals surface area contributed by atoms with E-state index in [2.05, 4.69) is 26.1 Å². The van der Waals surface area contributed by atoms with Gasteiger partial charge in [-0.25, -0.2) is 0 Å². The van der Waals surface area contributed by atoms with Crippen molar-refractivity contribution in [1.29, 1.82) is 0 Å². The van der Waals surface area contributed by atoms with Gasteiger partial charge in [0.05, 0.1) is 0 Å². The number of benzene rings is 1. The van der Waals surface area contributed by atoms with Gasteiger partial charge in [-0.1, -0.05) is 27.2 Å². The fourth-order valence-electron chi connectivity index (χ4n) is 3.94. The fraction of sp³-hybridized carbons (Fsp3) is 0.667. The van der Waals surface area contributed by atoms with Crippen molar-refractivity contribution in [2.75, 3.05) is 5.32 Å². The number of anilines is 1. The molecule has 116 valence electrons. The zero-order chi connectivity index (χ0) is 15.0. The van der Waals surface area contributed by atoms with Crippen LogP contribution in [0.4, 0.5) is 5.69 Å². The molecule has 0 bridgehead atoms. The average Bonchev–Trinajstić information content (AvgIpc) is 3.20. The van der Waals surface area contributed by atoms with Crippen molar-refractivity contribution in [1.82, 2.24) is 0 Å². The lowest BCUT2D eigenvalue weighted by Crippen LogP contribution is -2.32. The van der Waals surface area contributed by atoms with E-state index in [1.807, 2.05) is 12.1 Å². The van der Waals surface area contributed by atoms with Crippen molar-refractivity contribution in [2.45, 2.75) is 52.4 Å². The molecule has 5 atom stereocenters. The van der Waals surface area contributed by atoms with Crippen LogP contribution in [0.3, 0.4) is 0 Å². The standard InChI is InChI=1S/C18H27NO2/c1-11(2)15-9-4-12(3)10-16(15)17-18(21-17)19-13-5-7-14(20)8-6-13/h5-8,11-12,15-20H,4,9-10H2,1-3H3/t12-,15+,16-,17?,18?/m1/s1. The number of phenolic OH excluding ortho intramolecular Hbond substituents is 1. The molecule has 1 saturated heterocycles. The van der Waals surface area contributed by atoms with Gasteiger partial charge in [0.2, 0.25) is 0 Å². The SMILES string of the molecule is CC(C)[C@@H]1CC[C@@H](C)C[C@H]1C1OC1Nc1ccc(O)cc1. The summed E-state index contributed by atoms with van der Waals surface area (Å²) in [4.78, 5) is 0. The first-order chi connectivity index (χ1) is 10.0. The molecule has 0 spiro atoms. The molecule has 3 heteroatoms. The number of nitrogens with one attached hydrogen (secondary N) is 1. The number of phenols is 1. The molecule has 1 aromatic carbocycles. The van der Waals surface area contributed by atoms with Gasteiger partial charge < -0.3 is 15.2 Å². The molecule has 3 nitrogen and oxygen atoms in total. The molecule has 0 amide bonds. The van der Waals surface area contributed by atoms with Crippen LogP contribution in [0.25, 0.3) is 0 Å². The number of ether oxygens (including phenoxy) is 1. The van der Waals surface area contributed by atoms with E-state index in [1.165, 1.54) is 19.3 Å². The quantitative estimate of drug-likeness (QED) is 0.644. The highest BCUT2D eigenvalue weighted by molar-refractivity contribution is 5.47. The van der Waals surface area contributed by atoms with E-state index in [0.717, 1.165) is 23.4 Å². The fourth-order valence-corrected chi connectivity index (χ4v) is 3.94. The number of aromatic hydroxyl groups is 1. The van der Waals surface area contributed by atoms with Crippen molar-refractivity contribution >= 4 is 5.69 Å². The summed E-state index contributed by atoms with van der Waals surface area (Å²) in [7, 11) is 0. The average molecular weight is 289 g/mol. The second kappa shape index (κ2) is 5.88. The topological polar surface area (TPSA) is 44.8 Å². The molecule has 2 unspecified atom stereocenters. The van der Waals surface area contributed by atoms with Gasteiger partial charge >= 0.3 is 0 Å². The molecule has 2 fully saturated rings. The summed E-state index contributed by atoms with van der Waals surface area (Å²) in [5.74, 6) is 3.33. The highest BCUT2D eigenvalue weighted by Gasteiger charge is 2.49. The molecule has 2 aliphatic rings. The van der Waals surface area contributed by atoms with Crippen LogP contribution in [0.1, 0.15) is 40.0 Å². The Morgan fingerprint density at radius 1 is 1.19 bits per heavy atom. The number of rotatable bonds is 4. The molecule has 1 heterocycles. The molecule has 3 rings (SSSR count). The molecule has 1 aromatic rings. The van der Waals surface area contributed by atoms with Crippen LogP contribution in [0.15, 0.2) is 24.3 Å². The molecular formula is C18H27NO2. The summed E-state index contributed by atoms with van der Waals surface area (Å²) in [5.41, 5.74) is 1.02. The maximum atomic E-state index is 9.33. The van der Waals surface area contributed by atoms with Crippen molar-refractivity contribution < 1.29 is 9.84 Å². The van der Waals surface area contributed by atoms with E-state index < -0.39 is 0 Å². The Balaban J connectivity index is 1.61. The monoisotopic (exact) mass is 289 g/mol. The van der Waals surface area contributed by atoms with Crippen molar-refractivity contribution in [3.05, 3.63) is 24.3 Å². The Kier molecular flexibility index (Phi) is 4.12. The van der Waals surface area contributed by atoms with Gasteiger partial charge in [-0.2, -0.15) is 0 Å². The summed E-state index contributed by atoms with van der Waals surface area (Å²) in [6, 6.07) is 7.22. The van der Waals surface area contributed by atoms with Crippen LogP contribution in [-0.2, 0) is 4.74 Å². The van der Waals surface area contributed by atoms with Crippen LogP contribution in [0.2, 0.25) is 0 Å². The zero-order valence-electron chi connectivity index (χ0n) is 13.3. The largest absolute Gasteiger partial charge is 0.508 e. The van der Waals surface area contributed by atoms with Gasteiger partial charge in [0.1, 0.15) is 11.9 Å². The Morgan fingerprint density at radius 3 is 2.57 bits per heavy atom. The number of hydrogen-bond acceptors (Lipinski definition) is 3. The second-order valence-corrected chi connectivity index (χ2v) is 7.20. The van der Waals surface area contributed by atoms with E-state index in [1.54, 1.807) is 12.1 Å². The van der Waals surface area contributed by atoms with Gasteiger partial charge in [-0.05, 0) is 60.8 Å². The van der Waals surface area contributed by atoms with E-state index in [-0.39, 0.29) is 6.23 Å². The second-order valence-electron chi connectivity index (χ2n) is 7.20. The van der Waals surface area contributed by atoms with Gasteiger partial charge in [0, 0.05) is 5.69 Å². The molecule has 21 heavy (non-hydrogen) atoms. The first-order valence-corrected chi connectivity index (χ1v) is 8.25. The Morgan fingerprint density at radius 2 is 1.90 bits per heavy atom. The molecule has 1 saturated carbocycles.